The van der Waals surface area contributed by atoms with E-state index in [0.717, 1.165) is 5.56 Å². The third-order valence-electron chi connectivity index (χ3n) is 5.62. The van der Waals surface area contributed by atoms with Crippen LogP contribution in [0.4, 0.5) is 0 Å². The molecule has 14 nitrogen and oxygen atoms in total. The highest BCUT2D eigenvalue weighted by Crippen LogP contribution is 2.13. The molecule has 1 rings (SSSR count). The molecule has 0 saturated carbocycles. The monoisotopic (exact) mass is 696 g/mol. The summed E-state index contributed by atoms with van der Waals surface area (Å²) in [5, 5.41) is 0. The molecule has 0 bridgehead atoms. The Morgan fingerprint density at radius 1 is 0.511 bits per heavy atom. The van der Waals surface area contributed by atoms with Gasteiger partial charge < -0.3 is 47.4 Å². The Balaban J connectivity index is 1.70. The lowest BCUT2D eigenvalue weighted by Gasteiger charge is -2.19. The molecule has 1 aromatic carbocycles. The standard InChI is InChI=1S/C32H56O14S/c1-29-5-7-30(8-6-29)47(34,35)45-28-27-44-26-25-43-24-23-42-22-21-41-20-19-40-18-17-39-16-15-38-14-13-37-12-11-36-10-9-31(33)46-32(2,3)4/h5-8H,9-28H2,1-4H3. The Labute approximate surface area is 280 Å². The van der Waals surface area contributed by atoms with Gasteiger partial charge in [-0.2, -0.15) is 8.42 Å². The molecule has 0 aliphatic carbocycles. The SMILES string of the molecule is Cc1ccc(S(=O)(=O)OCCOCCOCCOCCOCCOCCOCCOCCOCCOCCC(=O)OC(C)(C)C)cc1. The largest absolute Gasteiger partial charge is 0.460 e. The van der Waals surface area contributed by atoms with E-state index in [-0.39, 0.29) is 30.5 Å². The lowest BCUT2D eigenvalue weighted by Crippen LogP contribution is -2.24. The van der Waals surface area contributed by atoms with Gasteiger partial charge in [-0.05, 0) is 39.8 Å². The van der Waals surface area contributed by atoms with Crippen LogP contribution in [0.15, 0.2) is 29.2 Å². The summed E-state index contributed by atoms with van der Waals surface area (Å²) in [6.45, 7) is 14.8. The number of esters is 1. The van der Waals surface area contributed by atoms with Gasteiger partial charge in [0.2, 0.25) is 0 Å². The van der Waals surface area contributed by atoms with E-state index >= 15 is 0 Å². The molecule has 1 aromatic rings. The molecule has 0 unspecified atom stereocenters. The smallest absolute Gasteiger partial charge is 0.308 e. The van der Waals surface area contributed by atoms with Crippen molar-refractivity contribution in [3.63, 3.8) is 0 Å². The summed E-state index contributed by atoms with van der Waals surface area (Å²) in [6.07, 6.45) is 0.224. The first-order chi connectivity index (χ1) is 22.6. The Bertz CT molecular complexity index is 983. The molecule has 0 fully saturated rings. The molecule has 0 N–H and O–H groups in total. The second-order valence-corrected chi connectivity index (χ2v) is 12.6. The average Bonchev–Trinajstić information content (AvgIpc) is 3.01. The molecule has 0 aliphatic heterocycles. The Morgan fingerprint density at radius 2 is 0.809 bits per heavy atom. The molecular weight excluding hydrogens is 640 g/mol. The van der Waals surface area contributed by atoms with Crippen LogP contribution in [-0.2, 0) is 66.5 Å². The number of hydrogen-bond donors (Lipinski definition) is 0. The molecule has 0 saturated heterocycles. The first kappa shape index (κ1) is 43.3. The highest BCUT2D eigenvalue weighted by molar-refractivity contribution is 7.86. The number of carbonyl (C=O) groups excluding carboxylic acids is 1. The highest BCUT2D eigenvalue weighted by Gasteiger charge is 2.16. The molecular formula is C32H56O14S. The van der Waals surface area contributed by atoms with E-state index in [1.54, 1.807) is 12.1 Å². The molecule has 47 heavy (non-hydrogen) atoms. The van der Waals surface area contributed by atoms with Gasteiger partial charge in [-0.3, -0.25) is 8.98 Å². The Morgan fingerprint density at radius 3 is 1.13 bits per heavy atom. The number of benzene rings is 1. The predicted octanol–water partition coefficient (Wildman–Crippen LogP) is 2.58. The van der Waals surface area contributed by atoms with Gasteiger partial charge in [0.25, 0.3) is 10.1 Å². The third-order valence-corrected chi connectivity index (χ3v) is 6.95. The maximum Gasteiger partial charge on any atom is 0.308 e. The lowest BCUT2D eigenvalue weighted by molar-refractivity contribution is -0.156. The predicted molar refractivity (Wildman–Crippen MR) is 172 cm³/mol. The molecule has 0 amide bonds. The van der Waals surface area contributed by atoms with E-state index in [4.69, 9.17) is 51.6 Å². The van der Waals surface area contributed by atoms with Gasteiger partial charge in [0.15, 0.2) is 0 Å². The number of rotatable bonds is 32. The molecule has 0 radical (unpaired) electrons. The fourth-order valence-electron chi connectivity index (χ4n) is 3.39. The van der Waals surface area contributed by atoms with Gasteiger partial charge in [0.1, 0.15) is 5.60 Å². The minimum Gasteiger partial charge on any atom is -0.460 e. The Hall–Kier alpha value is -1.76. The molecule has 0 aromatic heterocycles. The van der Waals surface area contributed by atoms with Crippen molar-refractivity contribution in [1.29, 1.82) is 0 Å². The van der Waals surface area contributed by atoms with E-state index in [1.165, 1.54) is 12.1 Å². The third kappa shape index (κ3) is 27.8. The van der Waals surface area contributed by atoms with Gasteiger partial charge in [-0.15, -0.1) is 0 Å². The van der Waals surface area contributed by atoms with Crippen molar-refractivity contribution in [3.8, 4) is 0 Å². The van der Waals surface area contributed by atoms with Crippen molar-refractivity contribution >= 4 is 16.1 Å². The summed E-state index contributed by atoms with van der Waals surface area (Å²) in [7, 11) is -3.78. The zero-order valence-electron chi connectivity index (χ0n) is 28.6. The maximum atomic E-state index is 12.1. The summed E-state index contributed by atoms with van der Waals surface area (Å²) in [6, 6.07) is 6.47. The summed E-state index contributed by atoms with van der Waals surface area (Å²) in [5.41, 5.74) is 0.492. The van der Waals surface area contributed by atoms with E-state index in [9.17, 15) is 13.2 Å². The molecule has 0 heterocycles. The van der Waals surface area contributed by atoms with E-state index < -0.39 is 15.7 Å². The van der Waals surface area contributed by atoms with Crippen LogP contribution >= 0.6 is 0 Å². The molecule has 274 valence electrons. The summed E-state index contributed by atoms with van der Waals surface area (Å²) >= 11 is 0. The Kier molecular flexibility index (Phi) is 25.9. The van der Waals surface area contributed by atoms with Crippen molar-refractivity contribution < 1.29 is 64.8 Å². The maximum absolute atomic E-state index is 12.1. The summed E-state index contributed by atoms with van der Waals surface area (Å²) < 4.78 is 83.1. The van der Waals surface area contributed by atoms with Crippen LogP contribution in [-0.4, -0.2) is 146 Å². The van der Waals surface area contributed by atoms with Gasteiger partial charge in [-0.1, -0.05) is 17.7 Å². The highest BCUT2D eigenvalue weighted by atomic mass is 32.2. The van der Waals surface area contributed by atoms with Crippen molar-refractivity contribution in [2.75, 3.05) is 126 Å². The second-order valence-electron chi connectivity index (χ2n) is 10.9. The molecule has 0 spiro atoms. The van der Waals surface area contributed by atoms with Crippen molar-refractivity contribution in [2.45, 2.75) is 44.6 Å². The fourth-order valence-corrected chi connectivity index (χ4v) is 4.28. The van der Waals surface area contributed by atoms with E-state index in [0.29, 0.717) is 112 Å². The topological polar surface area (TPSA) is 153 Å². The molecule has 15 heteroatoms. The van der Waals surface area contributed by atoms with Crippen molar-refractivity contribution in [3.05, 3.63) is 29.8 Å². The van der Waals surface area contributed by atoms with Crippen LogP contribution in [0.2, 0.25) is 0 Å². The number of aryl methyl sites for hydroxylation is 1. The van der Waals surface area contributed by atoms with Gasteiger partial charge in [0.05, 0.1) is 137 Å². The zero-order chi connectivity index (χ0) is 34.5. The lowest BCUT2D eigenvalue weighted by atomic mass is 10.2. The average molecular weight is 697 g/mol. The van der Waals surface area contributed by atoms with Crippen LogP contribution < -0.4 is 0 Å². The van der Waals surface area contributed by atoms with Crippen molar-refractivity contribution in [1.82, 2.24) is 0 Å². The first-order valence-corrected chi connectivity index (χ1v) is 17.4. The molecule has 0 atom stereocenters. The minimum absolute atomic E-state index is 0.0634. The number of hydrogen-bond acceptors (Lipinski definition) is 14. The van der Waals surface area contributed by atoms with Crippen LogP contribution in [0.5, 0.6) is 0 Å². The van der Waals surface area contributed by atoms with Crippen LogP contribution in [0.25, 0.3) is 0 Å². The normalized spacial score (nSPS) is 12.1. The minimum atomic E-state index is -3.78. The van der Waals surface area contributed by atoms with Crippen LogP contribution in [0.3, 0.4) is 0 Å². The zero-order valence-corrected chi connectivity index (χ0v) is 29.4. The van der Waals surface area contributed by atoms with Gasteiger partial charge in [-0.25, -0.2) is 0 Å². The van der Waals surface area contributed by atoms with E-state index in [2.05, 4.69) is 0 Å². The summed E-state index contributed by atoms with van der Waals surface area (Å²) in [4.78, 5) is 11.7. The number of carbonyl (C=O) groups is 1. The number of ether oxygens (including phenoxy) is 10. The van der Waals surface area contributed by atoms with Crippen molar-refractivity contribution in [2.24, 2.45) is 0 Å². The second kappa shape index (κ2) is 28.1. The van der Waals surface area contributed by atoms with Gasteiger partial charge in [0, 0.05) is 0 Å². The van der Waals surface area contributed by atoms with Crippen LogP contribution in [0.1, 0.15) is 32.8 Å². The van der Waals surface area contributed by atoms with E-state index in [1.807, 2.05) is 27.7 Å². The van der Waals surface area contributed by atoms with Gasteiger partial charge >= 0.3 is 5.97 Å². The quantitative estimate of drug-likeness (QED) is 0.0616. The van der Waals surface area contributed by atoms with Crippen LogP contribution in [0, 0.1) is 6.92 Å². The first-order valence-electron chi connectivity index (χ1n) is 16.0. The molecule has 0 aliphatic rings. The fraction of sp³-hybridized carbons (Fsp3) is 0.781. The summed E-state index contributed by atoms with van der Waals surface area (Å²) in [5.74, 6) is -0.272.